The van der Waals surface area contributed by atoms with Gasteiger partial charge >= 0.3 is 0 Å². The van der Waals surface area contributed by atoms with Gasteiger partial charge < -0.3 is 19.5 Å². The van der Waals surface area contributed by atoms with Gasteiger partial charge in [-0.2, -0.15) is 0 Å². The quantitative estimate of drug-likeness (QED) is 0.543. The molecule has 5 heteroatoms. The van der Waals surface area contributed by atoms with Gasteiger partial charge in [-0.25, -0.2) is 4.98 Å². The average molecular weight is 378 g/mol. The second kappa shape index (κ2) is 9.65. The summed E-state index contributed by atoms with van der Waals surface area (Å²) in [5.41, 5.74) is 3.38. The van der Waals surface area contributed by atoms with Crippen LogP contribution in [0.1, 0.15) is 16.7 Å². The number of anilines is 1. The minimum Gasteiger partial charge on any atom is -0.497 e. The predicted octanol–water partition coefficient (Wildman–Crippen LogP) is 4.78. The normalized spacial score (nSPS) is 10.4. The maximum atomic E-state index is 5.99. The Labute approximate surface area is 166 Å². The van der Waals surface area contributed by atoms with Crippen LogP contribution in [-0.2, 0) is 6.54 Å². The van der Waals surface area contributed by atoms with Crippen molar-refractivity contribution >= 4 is 5.82 Å². The lowest BCUT2D eigenvalue weighted by Gasteiger charge is -2.15. The smallest absolute Gasteiger partial charge is 0.128 e. The summed E-state index contributed by atoms with van der Waals surface area (Å²) < 4.78 is 17.2. The van der Waals surface area contributed by atoms with Gasteiger partial charge in [0.2, 0.25) is 0 Å². The van der Waals surface area contributed by atoms with Crippen molar-refractivity contribution < 1.29 is 14.2 Å². The lowest BCUT2D eigenvalue weighted by molar-refractivity contribution is 0.214. The van der Waals surface area contributed by atoms with Gasteiger partial charge in [0.05, 0.1) is 7.11 Å². The van der Waals surface area contributed by atoms with E-state index in [1.54, 1.807) is 13.3 Å². The standard InChI is InChI=1S/C23H26N2O3/c1-17-7-10-21(18(2)14-17)27-12-13-28-22-15-20(26-3)9-8-19(22)16-25-23-6-4-5-11-24-23/h4-11,14-15H,12-13,16H2,1-3H3,(H,24,25). The van der Waals surface area contributed by atoms with Gasteiger partial charge in [-0.05, 0) is 49.7 Å². The van der Waals surface area contributed by atoms with E-state index in [-0.39, 0.29) is 0 Å². The lowest BCUT2D eigenvalue weighted by Crippen LogP contribution is -2.11. The summed E-state index contributed by atoms with van der Waals surface area (Å²) in [4.78, 5) is 4.28. The van der Waals surface area contributed by atoms with E-state index in [9.17, 15) is 0 Å². The number of benzene rings is 2. The highest BCUT2D eigenvalue weighted by Crippen LogP contribution is 2.26. The minimum atomic E-state index is 0.442. The van der Waals surface area contributed by atoms with Gasteiger partial charge in [0, 0.05) is 24.4 Å². The van der Waals surface area contributed by atoms with E-state index >= 15 is 0 Å². The molecule has 0 aliphatic heterocycles. The molecule has 0 unspecified atom stereocenters. The molecular weight excluding hydrogens is 352 g/mol. The molecule has 146 valence electrons. The molecule has 0 aliphatic carbocycles. The fourth-order valence-electron chi connectivity index (χ4n) is 2.86. The molecule has 3 aromatic rings. The number of hydrogen-bond donors (Lipinski definition) is 1. The molecule has 0 bridgehead atoms. The Balaban J connectivity index is 1.59. The van der Waals surface area contributed by atoms with Crippen molar-refractivity contribution in [1.82, 2.24) is 4.98 Å². The third-order valence-corrected chi connectivity index (χ3v) is 4.33. The Morgan fingerprint density at radius 3 is 2.43 bits per heavy atom. The summed E-state index contributed by atoms with van der Waals surface area (Å²) in [6.07, 6.45) is 1.76. The Bertz CT molecular complexity index is 898. The molecule has 1 N–H and O–H groups in total. The molecule has 0 saturated carbocycles. The van der Waals surface area contributed by atoms with E-state index in [0.29, 0.717) is 19.8 Å². The molecule has 0 saturated heterocycles. The number of hydrogen-bond acceptors (Lipinski definition) is 5. The van der Waals surface area contributed by atoms with Crippen LogP contribution in [0.2, 0.25) is 0 Å². The first kappa shape index (κ1) is 19.5. The molecule has 1 aromatic heterocycles. The molecule has 0 aliphatic rings. The molecule has 0 radical (unpaired) electrons. The summed E-state index contributed by atoms with van der Waals surface area (Å²) in [6, 6.07) is 17.7. The molecule has 1 heterocycles. The molecule has 5 nitrogen and oxygen atoms in total. The monoisotopic (exact) mass is 378 g/mol. The van der Waals surface area contributed by atoms with Crippen LogP contribution in [0.25, 0.3) is 0 Å². The van der Waals surface area contributed by atoms with Gasteiger partial charge in [0.25, 0.3) is 0 Å². The largest absolute Gasteiger partial charge is 0.497 e. The van der Waals surface area contributed by atoms with E-state index in [2.05, 4.69) is 23.3 Å². The molecule has 0 fully saturated rings. The summed E-state index contributed by atoms with van der Waals surface area (Å²) in [7, 11) is 1.65. The van der Waals surface area contributed by atoms with Crippen molar-refractivity contribution in [2.24, 2.45) is 0 Å². The molecule has 0 spiro atoms. The van der Waals surface area contributed by atoms with Gasteiger partial charge in [-0.15, -0.1) is 0 Å². The Morgan fingerprint density at radius 1 is 0.893 bits per heavy atom. The zero-order chi connectivity index (χ0) is 19.8. The van der Waals surface area contributed by atoms with Crippen molar-refractivity contribution in [1.29, 1.82) is 0 Å². The molecular formula is C23H26N2O3. The van der Waals surface area contributed by atoms with Gasteiger partial charge in [0.15, 0.2) is 0 Å². The minimum absolute atomic E-state index is 0.442. The van der Waals surface area contributed by atoms with E-state index in [1.165, 1.54) is 5.56 Å². The van der Waals surface area contributed by atoms with Crippen LogP contribution in [-0.4, -0.2) is 25.3 Å². The first-order valence-corrected chi connectivity index (χ1v) is 9.30. The first-order valence-electron chi connectivity index (χ1n) is 9.30. The van der Waals surface area contributed by atoms with E-state index < -0.39 is 0 Å². The van der Waals surface area contributed by atoms with Gasteiger partial charge in [-0.1, -0.05) is 23.8 Å². The van der Waals surface area contributed by atoms with Crippen LogP contribution >= 0.6 is 0 Å². The highest BCUT2D eigenvalue weighted by atomic mass is 16.5. The van der Waals surface area contributed by atoms with E-state index in [4.69, 9.17) is 14.2 Å². The zero-order valence-corrected chi connectivity index (χ0v) is 16.6. The van der Waals surface area contributed by atoms with Crippen molar-refractivity contribution in [3.05, 3.63) is 77.5 Å². The van der Waals surface area contributed by atoms with Crippen LogP contribution < -0.4 is 19.5 Å². The van der Waals surface area contributed by atoms with Crippen molar-refractivity contribution in [2.45, 2.75) is 20.4 Å². The van der Waals surface area contributed by atoms with Crippen molar-refractivity contribution in [3.8, 4) is 17.2 Å². The highest BCUT2D eigenvalue weighted by Gasteiger charge is 2.07. The molecule has 2 aromatic carbocycles. The third kappa shape index (κ3) is 5.39. The maximum Gasteiger partial charge on any atom is 0.128 e. The number of ether oxygens (including phenoxy) is 3. The predicted molar refractivity (Wildman–Crippen MR) is 111 cm³/mol. The molecule has 0 amide bonds. The van der Waals surface area contributed by atoms with Crippen molar-refractivity contribution in [2.75, 3.05) is 25.6 Å². The molecule has 0 atom stereocenters. The number of methoxy groups -OCH3 is 1. The number of nitrogens with zero attached hydrogens (tertiary/aromatic N) is 1. The Hall–Kier alpha value is -3.21. The van der Waals surface area contributed by atoms with Crippen LogP contribution in [0.4, 0.5) is 5.82 Å². The van der Waals surface area contributed by atoms with Crippen LogP contribution in [0, 0.1) is 13.8 Å². The topological polar surface area (TPSA) is 52.6 Å². The maximum absolute atomic E-state index is 5.99. The highest BCUT2D eigenvalue weighted by molar-refractivity contribution is 5.44. The van der Waals surface area contributed by atoms with Crippen molar-refractivity contribution in [3.63, 3.8) is 0 Å². The third-order valence-electron chi connectivity index (χ3n) is 4.33. The van der Waals surface area contributed by atoms with Gasteiger partial charge in [0.1, 0.15) is 36.3 Å². The number of nitrogens with one attached hydrogen (secondary N) is 1. The second-order valence-electron chi connectivity index (χ2n) is 6.51. The first-order chi connectivity index (χ1) is 13.7. The average Bonchev–Trinajstić information content (AvgIpc) is 2.72. The lowest BCUT2D eigenvalue weighted by atomic mass is 10.1. The van der Waals surface area contributed by atoms with Crippen LogP contribution in [0.5, 0.6) is 17.2 Å². The molecule has 28 heavy (non-hydrogen) atoms. The number of aromatic nitrogens is 1. The summed E-state index contributed by atoms with van der Waals surface area (Å²) in [5.74, 6) is 3.23. The SMILES string of the molecule is COc1ccc(CNc2ccccn2)c(OCCOc2ccc(C)cc2C)c1. The summed E-state index contributed by atoms with van der Waals surface area (Å²) in [5, 5.41) is 3.30. The number of pyridine rings is 1. The van der Waals surface area contributed by atoms with E-state index in [0.717, 1.165) is 34.2 Å². The summed E-state index contributed by atoms with van der Waals surface area (Å²) >= 11 is 0. The number of aryl methyl sites for hydroxylation is 2. The van der Waals surface area contributed by atoms with Gasteiger partial charge in [-0.3, -0.25) is 0 Å². The van der Waals surface area contributed by atoms with Crippen LogP contribution in [0.15, 0.2) is 60.8 Å². The Morgan fingerprint density at radius 2 is 1.71 bits per heavy atom. The second-order valence-corrected chi connectivity index (χ2v) is 6.51. The fraction of sp³-hybridized carbons (Fsp3) is 0.261. The molecule has 3 rings (SSSR count). The summed E-state index contributed by atoms with van der Waals surface area (Å²) in [6.45, 7) is 5.63. The number of rotatable bonds is 9. The Kier molecular flexibility index (Phi) is 6.73. The zero-order valence-electron chi connectivity index (χ0n) is 16.6. The van der Waals surface area contributed by atoms with E-state index in [1.807, 2.05) is 55.5 Å². The fourth-order valence-corrected chi connectivity index (χ4v) is 2.86. The van der Waals surface area contributed by atoms with Crippen LogP contribution in [0.3, 0.4) is 0 Å².